The minimum absolute atomic E-state index is 0.0258. The highest BCUT2D eigenvalue weighted by Gasteiger charge is 2.50. The fraction of sp³-hybridized carbons (Fsp3) is 0.0526. The van der Waals surface area contributed by atoms with Gasteiger partial charge in [0.15, 0.2) is 4.75 Å². The Hall–Kier alpha value is -1.67. The summed E-state index contributed by atoms with van der Waals surface area (Å²) >= 11 is 24.4. The van der Waals surface area contributed by atoms with E-state index in [2.05, 4.69) is 0 Å². The average molecular weight is 494 g/mol. The summed E-state index contributed by atoms with van der Waals surface area (Å²) in [7, 11) is -5.02. The Morgan fingerprint density at radius 1 is 0.793 bits per heavy atom. The molecule has 3 N–H and O–H groups in total. The summed E-state index contributed by atoms with van der Waals surface area (Å²) < 4.78 is 34.0. The van der Waals surface area contributed by atoms with E-state index in [9.17, 15) is 23.2 Å². The maximum absolute atomic E-state index is 12.9. The first kappa shape index (κ1) is 22.0. The molecule has 0 aromatic heterocycles. The Kier molecular flexibility index (Phi) is 5.98. The Morgan fingerprint density at radius 3 is 2.03 bits per heavy atom. The quantitative estimate of drug-likeness (QED) is 0.311. The number of aromatic hydroxyl groups is 2. The van der Waals surface area contributed by atoms with Crippen LogP contribution in [0.3, 0.4) is 0 Å². The largest absolute Gasteiger partial charge is 0.508 e. The van der Waals surface area contributed by atoms with Crippen LogP contribution in [0.25, 0.3) is 0 Å². The minimum atomic E-state index is -5.02. The Labute approximate surface area is 186 Å². The number of phenols is 2. The molecule has 1 atom stereocenters. The first-order chi connectivity index (χ1) is 13.5. The van der Waals surface area contributed by atoms with Crippen molar-refractivity contribution in [2.75, 3.05) is 0 Å². The molecular formula is C19H12Cl4O5S. The highest BCUT2D eigenvalue weighted by atomic mass is 35.5. The fourth-order valence-corrected chi connectivity index (χ4v) is 5.37. The second kappa shape index (κ2) is 7.87. The number of rotatable bonds is 4. The molecule has 0 fully saturated rings. The number of hydrogen-bond acceptors (Lipinski definition) is 4. The van der Waals surface area contributed by atoms with E-state index in [1.807, 2.05) is 0 Å². The van der Waals surface area contributed by atoms with E-state index < -0.39 is 20.6 Å². The van der Waals surface area contributed by atoms with Gasteiger partial charge >= 0.3 is 0 Å². The molecule has 0 aliphatic heterocycles. The van der Waals surface area contributed by atoms with Crippen LogP contribution in [-0.2, 0) is 14.9 Å². The molecule has 152 valence electrons. The Morgan fingerprint density at radius 2 is 1.48 bits per heavy atom. The SMILES string of the molecule is O=S(=O)(O)C(c1cccc(Cl)c1)(c1cc(O)c(Cl)c(Cl)c1)c1ccc(O)cc1Cl. The molecule has 0 aliphatic rings. The summed E-state index contributed by atoms with van der Waals surface area (Å²) in [5.74, 6) is -0.717. The number of phenolic OH excluding ortho intramolecular Hbond substituents is 2. The van der Waals surface area contributed by atoms with Crippen molar-refractivity contribution in [3.8, 4) is 11.5 Å². The van der Waals surface area contributed by atoms with E-state index in [1.165, 1.54) is 42.5 Å². The van der Waals surface area contributed by atoms with Gasteiger partial charge in [0.05, 0.1) is 5.02 Å². The van der Waals surface area contributed by atoms with Gasteiger partial charge in [0, 0.05) is 15.6 Å². The zero-order chi connectivity index (χ0) is 21.6. The van der Waals surface area contributed by atoms with E-state index in [0.717, 1.165) is 12.1 Å². The molecule has 0 spiro atoms. The lowest BCUT2D eigenvalue weighted by Gasteiger charge is -2.33. The van der Waals surface area contributed by atoms with Crippen LogP contribution < -0.4 is 0 Å². The fourth-order valence-electron chi connectivity index (χ4n) is 3.19. The molecule has 1 unspecified atom stereocenters. The standard InChI is InChI=1S/C19H12Cl4O5S/c20-12-3-1-2-10(6-12)19(29(26,27)28,14-5-4-13(24)9-15(14)21)11-7-16(22)18(23)17(25)8-11/h1-9,24-25H,(H,26,27,28). The predicted molar refractivity (Wildman–Crippen MR) is 114 cm³/mol. The zero-order valence-electron chi connectivity index (χ0n) is 14.3. The topological polar surface area (TPSA) is 94.8 Å². The Balaban J connectivity index is 2.58. The van der Waals surface area contributed by atoms with E-state index in [-0.39, 0.29) is 42.5 Å². The van der Waals surface area contributed by atoms with Crippen molar-refractivity contribution in [1.82, 2.24) is 0 Å². The van der Waals surface area contributed by atoms with Gasteiger partial charge in [-0.2, -0.15) is 8.42 Å². The Bertz CT molecular complexity index is 1190. The smallest absolute Gasteiger partial charge is 0.283 e. The van der Waals surface area contributed by atoms with E-state index >= 15 is 0 Å². The molecule has 5 nitrogen and oxygen atoms in total. The molecule has 3 rings (SSSR count). The summed E-state index contributed by atoms with van der Waals surface area (Å²) in [6.45, 7) is 0. The third-order valence-electron chi connectivity index (χ3n) is 4.37. The highest BCUT2D eigenvalue weighted by Crippen LogP contribution is 2.49. The third-order valence-corrected chi connectivity index (χ3v) is 7.17. The van der Waals surface area contributed by atoms with E-state index in [0.29, 0.717) is 0 Å². The van der Waals surface area contributed by atoms with Crippen molar-refractivity contribution in [3.63, 3.8) is 0 Å². The minimum Gasteiger partial charge on any atom is -0.508 e. The van der Waals surface area contributed by atoms with Gasteiger partial charge in [-0.1, -0.05) is 64.6 Å². The molecule has 29 heavy (non-hydrogen) atoms. The molecule has 0 aliphatic carbocycles. The third kappa shape index (κ3) is 3.77. The van der Waals surface area contributed by atoms with Gasteiger partial charge in [-0.25, -0.2) is 0 Å². The van der Waals surface area contributed by atoms with E-state index in [1.54, 1.807) is 0 Å². The van der Waals surface area contributed by atoms with Crippen LogP contribution in [-0.4, -0.2) is 23.2 Å². The molecule has 0 amide bonds. The molecule has 0 saturated carbocycles. The molecule has 3 aromatic rings. The van der Waals surface area contributed by atoms with Crippen LogP contribution >= 0.6 is 46.4 Å². The second-order valence-corrected chi connectivity index (χ2v) is 9.31. The number of halogens is 4. The van der Waals surface area contributed by atoms with Crippen molar-refractivity contribution in [1.29, 1.82) is 0 Å². The summed E-state index contributed by atoms with van der Waals surface area (Å²) in [5, 5.41) is 19.6. The van der Waals surface area contributed by atoms with Gasteiger partial charge < -0.3 is 10.2 Å². The lowest BCUT2D eigenvalue weighted by molar-refractivity contribution is 0.455. The molecule has 0 bridgehead atoms. The summed E-state index contributed by atoms with van der Waals surface area (Å²) in [5.41, 5.74) is -0.209. The van der Waals surface area contributed by atoms with Crippen LogP contribution in [0.2, 0.25) is 20.1 Å². The zero-order valence-corrected chi connectivity index (χ0v) is 18.1. The van der Waals surface area contributed by atoms with E-state index in [4.69, 9.17) is 46.4 Å². The van der Waals surface area contributed by atoms with Crippen LogP contribution in [0.15, 0.2) is 54.6 Å². The molecule has 0 saturated heterocycles. The van der Waals surface area contributed by atoms with Crippen LogP contribution in [0.1, 0.15) is 16.7 Å². The van der Waals surface area contributed by atoms with Crippen LogP contribution in [0.5, 0.6) is 11.5 Å². The molecule has 3 aromatic carbocycles. The maximum atomic E-state index is 12.9. The van der Waals surface area contributed by atoms with Gasteiger partial charge in [-0.15, -0.1) is 0 Å². The van der Waals surface area contributed by atoms with Crippen molar-refractivity contribution in [2.45, 2.75) is 4.75 Å². The van der Waals surface area contributed by atoms with Crippen molar-refractivity contribution in [2.24, 2.45) is 0 Å². The molecular weight excluding hydrogens is 482 g/mol. The van der Waals surface area contributed by atoms with Gasteiger partial charge in [0.1, 0.15) is 16.5 Å². The van der Waals surface area contributed by atoms with Gasteiger partial charge in [-0.05, 0) is 47.5 Å². The first-order valence-electron chi connectivity index (χ1n) is 7.89. The highest BCUT2D eigenvalue weighted by molar-refractivity contribution is 7.87. The van der Waals surface area contributed by atoms with Gasteiger partial charge in [0.25, 0.3) is 10.1 Å². The summed E-state index contributed by atoms with van der Waals surface area (Å²) in [6.07, 6.45) is 0. The normalized spacial score (nSPS) is 13.8. The van der Waals surface area contributed by atoms with Gasteiger partial charge in [-0.3, -0.25) is 4.55 Å². The van der Waals surface area contributed by atoms with Crippen LogP contribution in [0, 0.1) is 0 Å². The van der Waals surface area contributed by atoms with Crippen molar-refractivity contribution in [3.05, 3.63) is 91.4 Å². The van der Waals surface area contributed by atoms with Crippen molar-refractivity contribution < 1.29 is 23.2 Å². The van der Waals surface area contributed by atoms with Gasteiger partial charge in [0.2, 0.25) is 0 Å². The summed E-state index contributed by atoms with van der Waals surface area (Å²) in [6, 6.07) is 11.6. The maximum Gasteiger partial charge on any atom is 0.283 e. The molecule has 0 radical (unpaired) electrons. The lowest BCUT2D eigenvalue weighted by atomic mass is 9.83. The number of benzene rings is 3. The monoisotopic (exact) mass is 492 g/mol. The average Bonchev–Trinajstić information content (AvgIpc) is 2.60. The summed E-state index contributed by atoms with van der Waals surface area (Å²) in [4.78, 5) is 0. The first-order valence-corrected chi connectivity index (χ1v) is 10.8. The predicted octanol–water partition coefficient (Wildman–Crippen LogP) is 5.89. The van der Waals surface area contributed by atoms with Crippen LogP contribution in [0.4, 0.5) is 0 Å². The van der Waals surface area contributed by atoms with Crippen molar-refractivity contribution >= 4 is 56.5 Å². The number of hydrogen-bond donors (Lipinski definition) is 3. The molecule has 0 heterocycles. The lowest BCUT2D eigenvalue weighted by Crippen LogP contribution is -2.38. The second-order valence-electron chi connectivity index (χ2n) is 6.12. The molecule has 10 heteroatoms.